The van der Waals surface area contributed by atoms with Gasteiger partial charge >= 0.3 is 5.97 Å². The molecule has 2 amide bonds. The van der Waals surface area contributed by atoms with Gasteiger partial charge in [0.05, 0.1) is 5.92 Å². The van der Waals surface area contributed by atoms with Gasteiger partial charge in [-0.2, -0.15) is 0 Å². The summed E-state index contributed by atoms with van der Waals surface area (Å²) < 4.78 is 0. The average Bonchev–Trinajstić information content (AvgIpc) is 3.39. The fourth-order valence-electron chi connectivity index (χ4n) is 2.99. The first-order chi connectivity index (χ1) is 13.0. The van der Waals surface area contributed by atoms with E-state index in [1.54, 1.807) is 48.5 Å². The van der Waals surface area contributed by atoms with E-state index in [2.05, 4.69) is 10.6 Å². The number of aliphatic carboxylic acids is 1. The Bertz CT molecular complexity index is 850. The Hall–Kier alpha value is -3.15. The zero-order chi connectivity index (χ0) is 19.4. The zero-order valence-electron chi connectivity index (χ0n) is 15.0. The van der Waals surface area contributed by atoms with Crippen molar-refractivity contribution in [1.82, 2.24) is 5.32 Å². The van der Waals surface area contributed by atoms with Gasteiger partial charge in [-0.15, -0.1) is 0 Å². The average molecular weight is 366 g/mol. The molecule has 0 aromatic heterocycles. The third-order valence-corrected chi connectivity index (χ3v) is 4.81. The quantitative estimate of drug-likeness (QED) is 0.702. The van der Waals surface area contributed by atoms with Crippen LogP contribution >= 0.6 is 0 Å². The van der Waals surface area contributed by atoms with E-state index in [9.17, 15) is 19.5 Å². The number of anilines is 1. The molecule has 0 spiro atoms. The Morgan fingerprint density at radius 2 is 1.81 bits per heavy atom. The van der Waals surface area contributed by atoms with Crippen molar-refractivity contribution in [2.24, 2.45) is 11.8 Å². The first-order valence-electron chi connectivity index (χ1n) is 8.92. The Kier molecular flexibility index (Phi) is 5.54. The number of benzene rings is 2. The van der Waals surface area contributed by atoms with Crippen LogP contribution in [0.2, 0.25) is 0 Å². The van der Waals surface area contributed by atoms with Gasteiger partial charge in [0, 0.05) is 23.7 Å². The van der Waals surface area contributed by atoms with Gasteiger partial charge in [0.15, 0.2) is 0 Å². The number of rotatable bonds is 7. The Morgan fingerprint density at radius 1 is 1.11 bits per heavy atom. The summed E-state index contributed by atoms with van der Waals surface area (Å²) in [7, 11) is 0. The van der Waals surface area contributed by atoms with E-state index in [0.29, 0.717) is 22.7 Å². The van der Waals surface area contributed by atoms with E-state index in [1.807, 2.05) is 13.0 Å². The van der Waals surface area contributed by atoms with E-state index < -0.39 is 11.9 Å². The summed E-state index contributed by atoms with van der Waals surface area (Å²) in [6, 6.07) is 15.4. The van der Waals surface area contributed by atoms with Gasteiger partial charge in [-0.1, -0.05) is 43.3 Å². The molecule has 3 rings (SSSR count). The number of amides is 2. The second-order valence-electron chi connectivity index (χ2n) is 6.90. The van der Waals surface area contributed by atoms with Crippen molar-refractivity contribution >= 4 is 23.5 Å². The van der Waals surface area contributed by atoms with Crippen LogP contribution in [0, 0.1) is 11.8 Å². The molecule has 6 nitrogen and oxygen atoms in total. The van der Waals surface area contributed by atoms with Crippen LogP contribution in [-0.4, -0.2) is 29.4 Å². The van der Waals surface area contributed by atoms with Gasteiger partial charge in [0.2, 0.25) is 5.91 Å². The summed E-state index contributed by atoms with van der Waals surface area (Å²) in [5, 5.41) is 14.9. The van der Waals surface area contributed by atoms with Crippen LogP contribution in [0.25, 0.3) is 0 Å². The van der Waals surface area contributed by atoms with Gasteiger partial charge < -0.3 is 15.7 Å². The van der Waals surface area contributed by atoms with E-state index in [-0.39, 0.29) is 24.3 Å². The van der Waals surface area contributed by atoms with Crippen LogP contribution in [0.1, 0.15) is 35.2 Å². The SMILES string of the molecule is CC1CC1C(=O)Nc1cccc(C(=O)NCC(C(=O)O)c2ccccc2)c1. The highest BCUT2D eigenvalue weighted by Gasteiger charge is 2.39. The van der Waals surface area contributed by atoms with Crippen LogP contribution in [-0.2, 0) is 9.59 Å². The molecule has 0 bridgehead atoms. The van der Waals surface area contributed by atoms with Gasteiger partial charge in [-0.3, -0.25) is 14.4 Å². The van der Waals surface area contributed by atoms with Crippen molar-refractivity contribution in [3.05, 3.63) is 65.7 Å². The Morgan fingerprint density at radius 3 is 2.44 bits per heavy atom. The van der Waals surface area contributed by atoms with Crippen LogP contribution in [0.15, 0.2) is 54.6 Å². The molecule has 3 atom stereocenters. The second kappa shape index (κ2) is 8.03. The Balaban J connectivity index is 1.62. The van der Waals surface area contributed by atoms with Crippen molar-refractivity contribution in [3.8, 4) is 0 Å². The van der Waals surface area contributed by atoms with Gasteiger partial charge in [0.1, 0.15) is 0 Å². The molecule has 0 radical (unpaired) electrons. The summed E-state index contributed by atoms with van der Waals surface area (Å²) in [6.07, 6.45) is 0.891. The normalized spacial score (nSPS) is 19.0. The predicted octanol–water partition coefficient (Wildman–Crippen LogP) is 2.88. The minimum atomic E-state index is -0.999. The van der Waals surface area contributed by atoms with Crippen molar-refractivity contribution < 1.29 is 19.5 Å². The maximum atomic E-state index is 12.4. The standard InChI is InChI=1S/C21H22N2O4/c1-13-10-17(13)20(25)23-16-9-5-8-15(11-16)19(24)22-12-18(21(26)27)14-6-3-2-4-7-14/h2-9,11,13,17-18H,10,12H2,1H3,(H,22,24)(H,23,25)(H,26,27). The van der Waals surface area contributed by atoms with Crippen LogP contribution in [0.3, 0.4) is 0 Å². The first-order valence-corrected chi connectivity index (χ1v) is 8.92. The summed E-state index contributed by atoms with van der Waals surface area (Å²) in [4.78, 5) is 36.0. The van der Waals surface area contributed by atoms with Crippen LogP contribution in [0.4, 0.5) is 5.69 Å². The predicted molar refractivity (Wildman–Crippen MR) is 101 cm³/mol. The summed E-state index contributed by atoms with van der Waals surface area (Å²) in [5.41, 5.74) is 1.56. The highest BCUT2D eigenvalue weighted by molar-refractivity contribution is 5.98. The zero-order valence-corrected chi connectivity index (χ0v) is 15.0. The molecule has 27 heavy (non-hydrogen) atoms. The number of hydrogen-bond acceptors (Lipinski definition) is 3. The molecule has 140 valence electrons. The molecule has 2 aromatic rings. The molecule has 1 aliphatic rings. The highest BCUT2D eigenvalue weighted by atomic mass is 16.4. The number of carboxylic acid groups (broad SMARTS) is 1. The van der Waals surface area contributed by atoms with Gasteiger partial charge in [0.25, 0.3) is 5.91 Å². The summed E-state index contributed by atoms with van der Waals surface area (Å²) in [5.74, 6) is -1.79. The Labute approximate surface area is 157 Å². The molecule has 1 fully saturated rings. The lowest BCUT2D eigenvalue weighted by Gasteiger charge is -2.14. The first kappa shape index (κ1) is 18.6. The smallest absolute Gasteiger partial charge is 0.312 e. The van der Waals surface area contributed by atoms with E-state index in [1.165, 1.54) is 0 Å². The third-order valence-electron chi connectivity index (χ3n) is 4.81. The molecule has 0 aliphatic heterocycles. The molecular formula is C21H22N2O4. The minimum Gasteiger partial charge on any atom is -0.481 e. The van der Waals surface area contributed by atoms with Crippen molar-refractivity contribution in [2.75, 3.05) is 11.9 Å². The summed E-state index contributed by atoms with van der Waals surface area (Å²) >= 11 is 0. The van der Waals surface area contributed by atoms with Gasteiger partial charge in [-0.25, -0.2) is 0 Å². The lowest BCUT2D eigenvalue weighted by Crippen LogP contribution is -2.31. The highest BCUT2D eigenvalue weighted by Crippen LogP contribution is 2.38. The molecule has 3 unspecified atom stereocenters. The lowest BCUT2D eigenvalue weighted by atomic mass is 9.99. The molecule has 0 saturated heterocycles. The lowest BCUT2D eigenvalue weighted by molar-refractivity contribution is -0.138. The van der Waals surface area contributed by atoms with Crippen LogP contribution in [0.5, 0.6) is 0 Å². The van der Waals surface area contributed by atoms with E-state index in [4.69, 9.17) is 0 Å². The van der Waals surface area contributed by atoms with Crippen molar-refractivity contribution in [2.45, 2.75) is 19.3 Å². The second-order valence-corrected chi connectivity index (χ2v) is 6.90. The number of carbonyl (C=O) groups is 3. The topological polar surface area (TPSA) is 95.5 Å². The van der Waals surface area contributed by atoms with Crippen LogP contribution < -0.4 is 10.6 Å². The van der Waals surface area contributed by atoms with E-state index >= 15 is 0 Å². The molecular weight excluding hydrogens is 344 g/mol. The fourth-order valence-corrected chi connectivity index (χ4v) is 2.99. The summed E-state index contributed by atoms with van der Waals surface area (Å²) in [6.45, 7) is 2.01. The molecule has 1 aliphatic carbocycles. The molecule has 2 aromatic carbocycles. The molecule has 1 saturated carbocycles. The number of hydrogen-bond donors (Lipinski definition) is 3. The van der Waals surface area contributed by atoms with Crippen molar-refractivity contribution in [3.63, 3.8) is 0 Å². The van der Waals surface area contributed by atoms with Crippen molar-refractivity contribution in [1.29, 1.82) is 0 Å². The van der Waals surface area contributed by atoms with Gasteiger partial charge in [-0.05, 0) is 36.1 Å². The maximum absolute atomic E-state index is 12.4. The number of carbonyl (C=O) groups excluding carboxylic acids is 2. The number of nitrogens with one attached hydrogen (secondary N) is 2. The van der Waals surface area contributed by atoms with E-state index in [0.717, 1.165) is 6.42 Å². The molecule has 3 N–H and O–H groups in total. The minimum absolute atomic E-state index is 0.0195. The largest absolute Gasteiger partial charge is 0.481 e. The fraction of sp³-hybridized carbons (Fsp3) is 0.286. The monoisotopic (exact) mass is 366 g/mol. The number of carboxylic acids is 1. The maximum Gasteiger partial charge on any atom is 0.312 e. The molecule has 0 heterocycles. The third kappa shape index (κ3) is 4.73. The molecule has 6 heteroatoms.